The number of hydrogen-bond acceptors (Lipinski definition) is 1. The van der Waals surface area contributed by atoms with Gasteiger partial charge in [-0.05, 0) is 20.0 Å². The van der Waals surface area contributed by atoms with Gasteiger partial charge in [0.05, 0.1) is 0 Å². The summed E-state index contributed by atoms with van der Waals surface area (Å²) in [6.45, 7) is 5.66. The summed E-state index contributed by atoms with van der Waals surface area (Å²) in [6.07, 6.45) is 8.96. The Kier molecular flexibility index (Phi) is 5.91. The van der Waals surface area contributed by atoms with E-state index in [0.29, 0.717) is 0 Å². The van der Waals surface area contributed by atoms with Crippen molar-refractivity contribution >= 4 is 0 Å². The van der Waals surface area contributed by atoms with Gasteiger partial charge < -0.3 is 4.90 Å². The number of rotatable bonds is 5. The molecule has 0 aromatic carbocycles. The van der Waals surface area contributed by atoms with E-state index in [0.717, 1.165) is 25.9 Å². The lowest BCUT2D eigenvalue weighted by Crippen LogP contribution is -2.19. The van der Waals surface area contributed by atoms with E-state index in [9.17, 15) is 0 Å². The number of hydrogen-bond donors (Lipinski definition) is 0. The third-order valence-electron chi connectivity index (χ3n) is 1.30. The summed E-state index contributed by atoms with van der Waals surface area (Å²) in [7, 11) is 2.07. The monoisotopic (exact) mass is 137 g/mol. The second kappa shape index (κ2) is 6.38. The van der Waals surface area contributed by atoms with Gasteiger partial charge in [0.15, 0.2) is 0 Å². The van der Waals surface area contributed by atoms with Crippen LogP contribution in [-0.2, 0) is 0 Å². The molecule has 0 atom stereocenters. The molecule has 0 rings (SSSR count). The van der Waals surface area contributed by atoms with Crippen LogP contribution in [0.25, 0.3) is 0 Å². The van der Waals surface area contributed by atoms with Gasteiger partial charge in [-0.3, -0.25) is 0 Å². The molecule has 0 N–H and O–H groups in total. The number of unbranched alkanes of at least 4 members (excludes halogenated alkanes) is 1. The summed E-state index contributed by atoms with van der Waals surface area (Å²) in [5.74, 6) is 2.61. The Morgan fingerprint density at radius 1 is 1.70 bits per heavy atom. The number of nitrogens with zero attached hydrogens (tertiary/aromatic N) is 1. The van der Waals surface area contributed by atoms with Crippen LogP contribution in [-0.4, -0.2) is 25.0 Å². The molecule has 0 saturated heterocycles. The first-order valence-corrected chi connectivity index (χ1v) is 3.54. The minimum atomic E-state index is 0.876. The van der Waals surface area contributed by atoms with E-state index in [1.165, 1.54) is 0 Å². The largest absolute Gasteiger partial charge is 0.303 e. The summed E-state index contributed by atoms with van der Waals surface area (Å²) in [6, 6.07) is 0. The van der Waals surface area contributed by atoms with E-state index in [4.69, 9.17) is 6.42 Å². The minimum Gasteiger partial charge on any atom is -0.303 e. The standard InChI is InChI=1S/C9H15N/c1-4-6-7-9-10(3)8-5-2/h1,5H,2,6-9H2,3H3. The number of likely N-dealkylation sites (N-methyl/N-ethyl adjacent to an activating group) is 1. The Bertz CT molecular complexity index is 121. The molecule has 0 aliphatic carbocycles. The van der Waals surface area contributed by atoms with Crippen molar-refractivity contribution in [2.45, 2.75) is 12.8 Å². The van der Waals surface area contributed by atoms with Crippen LogP contribution in [0.1, 0.15) is 12.8 Å². The van der Waals surface area contributed by atoms with Crippen LogP contribution in [0.2, 0.25) is 0 Å². The maximum absolute atomic E-state index is 5.10. The molecule has 0 aromatic heterocycles. The molecule has 0 amide bonds. The van der Waals surface area contributed by atoms with E-state index in [-0.39, 0.29) is 0 Å². The lowest BCUT2D eigenvalue weighted by atomic mass is 10.3. The van der Waals surface area contributed by atoms with Crippen molar-refractivity contribution in [1.29, 1.82) is 0 Å². The molecule has 0 fully saturated rings. The van der Waals surface area contributed by atoms with Crippen LogP contribution in [0.15, 0.2) is 12.7 Å². The molecular weight excluding hydrogens is 122 g/mol. The van der Waals surface area contributed by atoms with E-state index < -0.39 is 0 Å². The van der Waals surface area contributed by atoms with Gasteiger partial charge in [-0.1, -0.05) is 6.08 Å². The van der Waals surface area contributed by atoms with E-state index in [2.05, 4.69) is 24.4 Å². The fraction of sp³-hybridized carbons (Fsp3) is 0.556. The molecule has 1 heteroatoms. The normalized spacial score (nSPS) is 9.30. The highest BCUT2D eigenvalue weighted by atomic mass is 15.1. The smallest absolute Gasteiger partial charge is 0.0157 e. The highest BCUT2D eigenvalue weighted by molar-refractivity contribution is 4.83. The van der Waals surface area contributed by atoms with Crippen LogP contribution in [0.4, 0.5) is 0 Å². The molecule has 0 aromatic rings. The molecule has 0 aliphatic heterocycles. The van der Waals surface area contributed by atoms with Gasteiger partial charge in [-0.15, -0.1) is 18.9 Å². The summed E-state index contributed by atoms with van der Waals surface area (Å²) in [5.41, 5.74) is 0. The summed E-state index contributed by atoms with van der Waals surface area (Å²) in [5, 5.41) is 0. The van der Waals surface area contributed by atoms with Crippen LogP contribution >= 0.6 is 0 Å². The average Bonchev–Trinajstić information content (AvgIpc) is 1.89. The highest BCUT2D eigenvalue weighted by Gasteiger charge is 1.91. The number of terminal acetylenes is 1. The van der Waals surface area contributed by atoms with Crippen molar-refractivity contribution in [2.75, 3.05) is 20.1 Å². The van der Waals surface area contributed by atoms with E-state index >= 15 is 0 Å². The van der Waals surface area contributed by atoms with Crippen molar-refractivity contribution < 1.29 is 0 Å². The van der Waals surface area contributed by atoms with Crippen LogP contribution in [0, 0.1) is 12.3 Å². The second-order valence-corrected chi connectivity index (χ2v) is 2.36. The van der Waals surface area contributed by atoms with Crippen molar-refractivity contribution in [1.82, 2.24) is 4.90 Å². The van der Waals surface area contributed by atoms with Gasteiger partial charge >= 0.3 is 0 Å². The average molecular weight is 137 g/mol. The molecule has 0 bridgehead atoms. The van der Waals surface area contributed by atoms with Crippen molar-refractivity contribution in [3.63, 3.8) is 0 Å². The van der Waals surface area contributed by atoms with Gasteiger partial charge in [0.2, 0.25) is 0 Å². The zero-order valence-electron chi connectivity index (χ0n) is 6.64. The Morgan fingerprint density at radius 2 is 2.40 bits per heavy atom. The van der Waals surface area contributed by atoms with Gasteiger partial charge in [0, 0.05) is 13.0 Å². The Hall–Kier alpha value is -0.740. The third kappa shape index (κ3) is 5.40. The summed E-state index contributed by atoms with van der Waals surface area (Å²) in [4.78, 5) is 2.20. The quantitative estimate of drug-likeness (QED) is 0.315. The highest BCUT2D eigenvalue weighted by Crippen LogP contribution is 1.90. The predicted molar refractivity (Wildman–Crippen MR) is 45.8 cm³/mol. The lowest BCUT2D eigenvalue weighted by Gasteiger charge is -2.11. The molecule has 0 unspecified atom stereocenters. The second-order valence-electron chi connectivity index (χ2n) is 2.36. The zero-order chi connectivity index (χ0) is 7.82. The fourth-order valence-electron chi connectivity index (χ4n) is 0.763. The molecular formula is C9H15N. The first-order valence-electron chi connectivity index (χ1n) is 3.54. The molecule has 1 nitrogen and oxygen atoms in total. The van der Waals surface area contributed by atoms with Crippen LogP contribution in [0.3, 0.4) is 0 Å². The van der Waals surface area contributed by atoms with Crippen molar-refractivity contribution in [3.05, 3.63) is 12.7 Å². The van der Waals surface area contributed by atoms with Gasteiger partial charge in [0.1, 0.15) is 0 Å². The van der Waals surface area contributed by atoms with Gasteiger partial charge in [0.25, 0.3) is 0 Å². The SMILES string of the molecule is C#CCCCN(C)CC=C. The maximum Gasteiger partial charge on any atom is 0.0157 e. The zero-order valence-corrected chi connectivity index (χ0v) is 6.64. The molecule has 0 radical (unpaired) electrons. The van der Waals surface area contributed by atoms with E-state index in [1.807, 2.05) is 6.08 Å². The molecule has 0 spiro atoms. The lowest BCUT2D eigenvalue weighted by molar-refractivity contribution is 0.366. The van der Waals surface area contributed by atoms with Gasteiger partial charge in [-0.25, -0.2) is 0 Å². The minimum absolute atomic E-state index is 0.876. The third-order valence-corrected chi connectivity index (χ3v) is 1.30. The first-order chi connectivity index (χ1) is 4.81. The fourth-order valence-corrected chi connectivity index (χ4v) is 0.763. The van der Waals surface area contributed by atoms with Crippen molar-refractivity contribution in [3.8, 4) is 12.3 Å². The van der Waals surface area contributed by atoms with Crippen LogP contribution < -0.4 is 0 Å². The van der Waals surface area contributed by atoms with Crippen LogP contribution in [0.5, 0.6) is 0 Å². The molecule has 0 aliphatic rings. The molecule has 0 saturated carbocycles. The molecule has 56 valence electrons. The predicted octanol–water partition coefficient (Wildman–Crippen LogP) is 1.52. The summed E-state index contributed by atoms with van der Waals surface area (Å²) >= 11 is 0. The Balaban J connectivity index is 3.14. The maximum atomic E-state index is 5.10. The molecule has 0 heterocycles. The Labute approximate surface area is 63.7 Å². The van der Waals surface area contributed by atoms with E-state index in [1.54, 1.807) is 0 Å². The Morgan fingerprint density at radius 3 is 2.90 bits per heavy atom. The first kappa shape index (κ1) is 9.26. The molecule has 10 heavy (non-hydrogen) atoms. The van der Waals surface area contributed by atoms with Gasteiger partial charge in [-0.2, -0.15) is 0 Å². The topological polar surface area (TPSA) is 3.24 Å². The van der Waals surface area contributed by atoms with Crippen molar-refractivity contribution in [2.24, 2.45) is 0 Å². The summed E-state index contributed by atoms with van der Waals surface area (Å²) < 4.78 is 0.